The van der Waals surface area contributed by atoms with E-state index < -0.39 is 0 Å². The second-order valence-corrected chi connectivity index (χ2v) is 16.4. The van der Waals surface area contributed by atoms with Crippen molar-refractivity contribution in [2.45, 2.75) is 37.5 Å². The Morgan fingerprint density at radius 1 is 0.453 bits per heavy atom. The van der Waals surface area contributed by atoms with E-state index in [9.17, 15) is 0 Å². The van der Waals surface area contributed by atoms with E-state index >= 15 is 0 Å². The van der Waals surface area contributed by atoms with Crippen molar-refractivity contribution in [3.63, 3.8) is 0 Å². The predicted octanol–water partition coefficient (Wildman–Crippen LogP) is 11.3. The Labute approximate surface area is 310 Å². The molecule has 5 unspecified atom stereocenters. The molecule has 12 rings (SSSR count). The first-order chi connectivity index (χ1) is 26.2. The highest BCUT2D eigenvalue weighted by Gasteiger charge is 2.76. The number of rotatable bonds is 5. The average molecular weight is 683 g/mol. The van der Waals surface area contributed by atoms with Crippen LogP contribution in [0.1, 0.15) is 43.2 Å². The zero-order valence-electron chi connectivity index (χ0n) is 29.5. The second-order valence-electron chi connectivity index (χ2n) is 16.4. The molecule has 5 aliphatic carbocycles. The van der Waals surface area contributed by atoms with E-state index in [4.69, 9.17) is 19.9 Å². The van der Waals surface area contributed by atoms with Crippen molar-refractivity contribution in [3.8, 4) is 67.5 Å². The average Bonchev–Trinajstić information content (AvgIpc) is 3.69. The van der Waals surface area contributed by atoms with Crippen molar-refractivity contribution in [1.82, 2.24) is 19.9 Å². The maximum Gasteiger partial charge on any atom is 0.164 e. The Kier molecular flexibility index (Phi) is 6.13. The van der Waals surface area contributed by atoms with Crippen LogP contribution >= 0.6 is 0 Å². The fraction of sp³-hybridized carbons (Fsp3) is 0.224. The van der Waals surface area contributed by atoms with Crippen LogP contribution in [0.3, 0.4) is 0 Å². The summed E-state index contributed by atoms with van der Waals surface area (Å²) in [6.07, 6.45) is 11.3. The van der Waals surface area contributed by atoms with Crippen LogP contribution in [0.25, 0.3) is 67.5 Å². The Hall–Kier alpha value is -5.74. The normalized spacial score (nSPS) is 26.6. The number of hydrogen-bond acceptors (Lipinski definition) is 4. The smallest absolute Gasteiger partial charge is 0.164 e. The summed E-state index contributed by atoms with van der Waals surface area (Å²) in [4.78, 5) is 20.2. The standard InChI is InChI=1S/C49H38N4/c1-3-7-31(8-4-1)33-11-15-35(16-12-33)45-51-46(36-17-13-34(14-18-36)32-9-5-2-6-10-32)53-47(52-45)37-19-20-42-40(25-37)41-29-50-22-21-43(41)49(42)39-24-30-23-38-26-44(49)48(38,27-30)28-39/h1-22,25,29-30,38-39,44H,23-24,26-28H2/t30?,38?,39?,44-,48?,49?/m0/s1. The number of hydrogen-bond donors (Lipinski definition) is 0. The molecule has 7 aromatic rings. The van der Waals surface area contributed by atoms with Gasteiger partial charge in [0.1, 0.15) is 0 Å². The van der Waals surface area contributed by atoms with Gasteiger partial charge in [-0.05, 0) is 112 Å². The fourth-order valence-corrected chi connectivity index (χ4v) is 12.2. The van der Waals surface area contributed by atoms with Gasteiger partial charge in [0, 0.05) is 40.1 Å². The summed E-state index contributed by atoms with van der Waals surface area (Å²) < 4.78 is 0. The lowest BCUT2D eigenvalue weighted by molar-refractivity contribution is -0.0194. The van der Waals surface area contributed by atoms with Gasteiger partial charge >= 0.3 is 0 Å². The molecule has 0 radical (unpaired) electrons. The largest absolute Gasteiger partial charge is 0.264 e. The molecule has 2 spiro atoms. The third kappa shape index (κ3) is 4.12. The van der Waals surface area contributed by atoms with E-state index in [0.29, 0.717) is 22.9 Å². The van der Waals surface area contributed by atoms with Crippen molar-refractivity contribution >= 4 is 0 Å². The number of benzene rings is 5. The molecular weight excluding hydrogens is 645 g/mol. The molecule has 6 atom stereocenters. The first kappa shape index (κ1) is 29.8. The zero-order valence-corrected chi connectivity index (χ0v) is 29.5. The highest BCUT2D eigenvalue weighted by atomic mass is 15.0. The molecule has 4 nitrogen and oxygen atoms in total. The first-order valence-corrected chi connectivity index (χ1v) is 19.3. The molecule has 5 aromatic carbocycles. The first-order valence-electron chi connectivity index (χ1n) is 19.3. The summed E-state index contributed by atoms with van der Waals surface area (Å²) in [6.45, 7) is 0. The van der Waals surface area contributed by atoms with E-state index in [0.717, 1.165) is 40.4 Å². The number of aromatic nitrogens is 4. The molecule has 3 bridgehead atoms. The van der Waals surface area contributed by atoms with Gasteiger partial charge in [0.25, 0.3) is 0 Å². The quantitative estimate of drug-likeness (QED) is 0.181. The summed E-state index contributed by atoms with van der Waals surface area (Å²) in [5.41, 5.74) is 14.1. The molecule has 254 valence electrons. The van der Waals surface area contributed by atoms with E-state index in [-0.39, 0.29) is 5.41 Å². The third-order valence-corrected chi connectivity index (χ3v) is 14.2. The summed E-state index contributed by atoms with van der Waals surface area (Å²) >= 11 is 0. The van der Waals surface area contributed by atoms with Gasteiger partial charge in [-0.2, -0.15) is 0 Å². The summed E-state index contributed by atoms with van der Waals surface area (Å²) in [5, 5.41) is 0. The lowest BCUT2D eigenvalue weighted by Gasteiger charge is -2.54. The highest BCUT2D eigenvalue weighted by Crippen LogP contribution is 2.83. The molecule has 0 N–H and O–H groups in total. The van der Waals surface area contributed by atoms with Crippen molar-refractivity contribution in [2.75, 3.05) is 0 Å². The minimum atomic E-state index is 0.119. The van der Waals surface area contributed by atoms with Crippen molar-refractivity contribution in [1.29, 1.82) is 0 Å². The zero-order chi connectivity index (χ0) is 34.7. The Morgan fingerprint density at radius 3 is 1.62 bits per heavy atom. The van der Waals surface area contributed by atoms with Gasteiger partial charge in [-0.25, -0.2) is 15.0 Å². The van der Waals surface area contributed by atoms with E-state index in [1.54, 1.807) is 0 Å². The van der Waals surface area contributed by atoms with E-state index in [2.05, 4.69) is 140 Å². The maximum atomic E-state index is 5.21. The molecule has 5 aliphatic rings. The molecular formula is C49H38N4. The number of nitrogens with zero attached hydrogens (tertiary/aromatic N) is 4. The van der Waals surface area contributed by atoms with Crippen LogP contribution in [0.5, 0.6) is 0 Å². The van der Waals surface area contributed by atoms with Crippen LogP contribution in [0.15, 0.2) is 146 Å². The second kappa shape index (κ2) is 10.9. The van der Waals surface area contributed by atoms with Gasteiger partial charge in [-0.1, -0.05) is 121 Å². The molecule has 0 saturated heterocycles. The van der Waals surface area contributed by atoms with Gasteiger partial charge in [0.15, 0.2) is 17.5 Å². The van der Waals surface area contributed by atoms with Gasteiger partial charge in [-0.15, -0.1) is 0 Å². The van der Waals surface area contributed by atoms with Crippen molar-refractivity contribution < 1.29 is 0 Å². The lowest BCUT2D eigenvalue weighted by atomic mass is 9.49. The van der Waals surface area contributed by atoms with Gasteiger partial charge in [0.05, 0.1) is 0 Å². The Morgan fingerprint density at radius 2 is 0.981 bits per heavy atom. The van der Waals surface area contributed by atoms with Crippen LogP contribution in [-0.2, 0) is 5.41 Å². The van der Waals surface area contributed by atoms with Crippen LogP contribution in [0, 0.1) is 29.1 Å². The molecule has 2 heterocycles. The fourth-order valence-electron chi connectivity index (χ4n) is 12.2. The summed E-state index contributed by atoms with van der Waals surface area (Å²) in [7, 11) is 0. The van der Waals surface area contributed by atoms with Crippen LogP contribution < -0.4 is 0 Å². The molecule has 4 fully saturated rings. The topological polar surface area (TPSA) is 51.6 Å². The molecule has 0 aliphatic heterocycles. The molecule has 2 aromatic heterocycles. The summed E-state index contributed by atoms with van der Waals surface area (Å²) in [6, 6.07) is 47.7. The van der Waals surface area contributed by atoms with Crippen molar-refractivity contribution in [3.05, 3.63) is 157 Å². The Bertz CT molecular complexity index is 2460. The number of fused-ring (bicyclic) bond motifs is 9. The highest BCUT2D eigenvalue weighted by molar-refractivity contribution is 5.85. The molecule has 4 heteroatoms. The van der Waals surface area contributed by atoms with Crippen molar-refractivity contribution in [2.24, 2.45) is 29.1 Å². The lowest BCUT2D eigenvalue weighted by Crippen LogP contribution is -2.50. The Balaban J connectivity index is 0.992. The minimum absolute atomic E-state index is 0.119. The minimum Gasteiger partial charge on any atom is -0.264 e. The SMILES string of the molecule is c1ccc(-c2ccc(-c3nc(-c4ccc(-c5ccccc5)cc4)nc(-c4ccc5c(c4)-c4cnccc4C54C5CC6CC7C[C@H]4C7(C6)C5)n3)cc2)cc1. The maximum absolute atomic E-state index is 5.21. The molecule has 53 heavy (non-hydrogen) atoms. The predicted molar refractivity (Wildman–Crippen MR) is 210 cm³/mol. The van der Waals surface area contributed by atoms with Gasteiger partial charge in [-0.3, -0.25) is 4.98 Å². The number of pyridine rings is 1. The van der Waals surface area contributed by atoms with Gasteiger partial charge in [0.2, 0.25) is 0 Å². The van der Waals surface area contributed by atoms with Crippen LogP contribution in [0.2, 0.25) is 0 Å². The third-order valence-electron chi connectivity index (χ3n) is 14.2. The van der Waals surface area contributed by atoms with E-state index in [1.807, 2.05) is 6.20 Å². The van der Waals surface area contributed by atoms with Crippen LogP contribution in [-0.4, -0.2) is 19.9 Å². The van der Waals surface area contributed by atoms with E-state index in [1.165, 1.54) is 76.6 Å². The molecule has 4 saturated carbocycles. The van der Waals surface area contributed by atoms with Crippen LogP contribution in [0.4, 0.5) is 0 Å². The molecule has 0 amide bonds. The summed E-state index contributed by atoms with van der Waals surface area (Å²) in [5.74, 6) is 5.39. The monoisotopic (exact) mass is 682 g/mol. The van der Waals surface area contributed by atoms with Gasteiger partial charge < -0.3 is 0 Å².